The normalized spacial score (nSPS) is 16.9. The van der Waals surface area contributed by atoms with Gasteiger partial charge in [0.1, 0.15) is 11.8 Å². The molecule has 0 bridgehead atoms. The van der Waals surface area contributed by atoms with Gasteiger partial charge in [0.05, 0.1) is 5.69 Å². The number of carbonyl (C=O) groups is 2. The monoisotopic (exact) mass is 541 g/mol. The summed E-state index contributed by atoms with van der Waals surface area (Å²) in [5.41, 5.74) is 3.64. The van der Waals surface area contributed by atoms with Crippen molar-refractivity contribution >= 4 is 29.3 Å². The lowest BCUT2D eigenvalue weighted by atomic mass is 10.0. The van der Waals surface area contributed by atoms with E-state index in [0.29, 0.717) is 41.7 Å². The van der Waals surface area contributed by atoms with E-state index in [4.69, 9.17) is 16.3 Å². The number of anilines is 1. The number of ether oxygens (including phenoxy) is 1. The van der Waals surface area contributed by atoms with Crippen molar-refractivity contribution in [2.75, 3.05) is 11.9 Å². The molecule has 2 amide bonds. The summed E-state index contributed by atoms with van der Waals surface area (Å²) in [4.78, 5) is 26.8. The molecule has 5 rings (SSSR count). The summed E-state index contributed by atoms with van der Waals surface area (Å²) in [6, 6.07) is 30.9. The predicted molar refractivity (Wildman–Crippen MR) is 152 cm³/mol. The molecule has 0 saturated carbocycles. The third-order valence-corrected chi connectivity index (χ3v) is 6.87. The Morgan fingerprint density at radius 1 is 0.897 bits per heavy atom. The number of nitrogens with zero attached hydrogens (tertiary/aromatic N) is 1. The second-order valence-corrected chi connectivity index (χ2v) is 9.87. The van der Waals surface area contributed by atoms with Gasteiger partial charge in [0.2, 0.25) is 0 Å². The van der Waals surface area contributed by atoms with Gasteiger partial charge in [0, 0.05) is 24.2 Å². The van der Waals surface area contributed by atoms with E-state index in [1.54, 1.807) is 18.2 Å². The number of likely N-dealkylation sites (tertiary alicyclic amines) is 1. The fourth-order valence-electron chi connectivity index (χ4n) is 4.76. The van der Waals surface area contributed by atoms with Crippen LogP contribution in [0.3, 0.4) is 0 Å². The lowest BCUT2D eigenvalue weighted by Crippen LogP contribution is -2.39. The highest BCUT2D eigenvalue weighted by Gasteiger charge is 2.37. The molecule has 0 aromatic heterocycles. The van der Waals surface area contributed by atoms with Crippen molar-refractivity contribution in [3.05, 3.63) is 114 Å². The van der Waals surface area contributed by atoms with E-state index < -0.39 is 18.0 Å². The predicted octanol–water partition coefficient (Wildman–Crippen LogP) is 6.65. The molecule has 198 valence electrons. The quantitative estimate of drug-likeness (QED) is 0.232. The van der Waals surface area contributed by atoms with Crippen LogP contribution in [0.15, 0.2) is 103 Å². The van der Waals surface area contributed by atoms with Gasteiger partial charge in [-0.1, -0.05) is 84.4 Å². The maximum atomic E-state index is 12.9. The van der Waals surface area contributed by atoms with Crippen molar-refractivity contribution < 1.29 is 19.4 Å². The molecule has 0 aliphatic carbocycles. The molecular weight excluding hydrogens is 514 g/mol. The Hall–Kier alpha value is -4.33. The number of aliphatic carboxylic acids is 1. The zero-order valence-electron chi connectivity index (χ0n) is 21.1. The summed E-state index contributed by atoms with van der Waals surface area (Å²) in [5, 5.41) is 16.0. The van der Waals surface area contributed by atoms with Crippen LogP contribution >= 0.6 is 11.6 Å². The lowest BCUT2D eigenvalue weighted by molar-refractivity contribution is -0.142. The average Bonchev–Trinajstić information content (AvgIpc) is 3.34. The smallest absolute Gasteiger partial charge is 0.321 e. The molecule has 4 aromatic carbocycles. The number of amides is 2. The Labute approximate surface area is 232 Å². The molecule has 7 nitrogen and oxygen atoms in total. The zero-order chi connectivity index (χ0) is 27.2. The first kappa shape index (κ1) is 26.3. The highest BCUT2D eigenvalue weighted by Crippen LogP contribution is 2.32. The van der Waals surface area contributed by atoms with Crippen LogP contribution in [0.1, 0.15) is 12.0 Å². The molecular formula is C31H28ClN3O4. The third-order valence-electron chi connectivity index (χ3n) is 6.63. The molecule has 1 aliphatic heterocycles. The second-order valence-electron chi connectivity index (χ2n) is 9.43. The zero-order valence-corrected chi connectivity index (χ0v) is 21.8. The SMILES string of the molecule is O=C(Nc1cc(Cl)ccc1Oc1ccccc1)N[C@H]1C[C@@H](C(=O)O)N(Cc2ccc(-c3ccccc3)cc2)C1. The molecule has 4 aromatic rings. The van der Waals surface area contributed by atoms with Gasteiger partial charge in [-0.15, -0.1) is 0 Å². The summed E-state index contributed by atoms with van der Waals surface area (Å²) in [6.45, 7) is 0.878. The van der Waals surface area contributed by atoms with E-state index in [0.717, 1.165) is 16.7 Å². The molecule has 1 saturated heterocycles. The molecule has 0 unspecified atom stereocenters. The van der Waals surface area contributed by atoms with Gasteiger partial charge in [-0.3, -0.25) is 9.69 Å². The lowest BCUT2D eigenvalue weighted by Gasteiger charge is -2.21. The molecule has 3 N–H and O–H groups in total. The number of hydrogen-bond acceptors (Lipinski definition) is 4. The number of urea groups is 1. The van der Waals surface area contributed by atoms with Crippen molar-refractivity contribution in [3.8, 4) is 22.6 Å². The van der Waals surface area contributed by atoms with Gasteiger partial charge in [-0.2, -0.15) is 0 Å². The third kappa shape index (κ3) is 6.76. The molecule has 1 heterocycles. The van der Waals surface area contributed by atoms with Crippen LogP contribution in [-0.4, -0.2) is 40.6 Å². The number of halogens is 1. The molecule has 1 aliphatic rings. The van der Waals surface area contributed by atoms with Gasteiger partial charge in [-0.25, -0.2) is 4.79 Å². The van der Waals surface area contributed by atoms with Crippen LogP contribution in [0.2, 0.25) is 5.02 Å². The number of rotatable bonds is 8. The Balaban J connectivity index is 1.22. The van der Waals surface area contributed by atoms with Crippen LogP contribution in [0.25, 0.3) is 11.1 Å². The first-order chi connectivity index (χ1) is 18.9. The molecule has 0 radical (unpaired) electrons. The first-order valence-corrected chi connectivity index (χ1v) is 13.0. The Morgan fingerprint density at radius 3 is 2.26 bits per heavy atom. The molecule has 2 atom stereocenters. The fourth-order valence-corrected chi connectivity index (χ4v) is 4.93. The van der Waals surface area contributed by atoms with Crippen molar-refractivity contribution in [2.45, 2.75) is 25.0 Å². The number of nitrogens with one attached hydrogen (secondary N) is 2. The van der Waals surface area contributed by atoms with Crippen molar-refractivity contribution in [2.24, 2.45) is 0 Å². The van der Waals surface area contributed by atoms with E-state index in [1.807, 2.05) is 77.7 Å². The highest BCUT2D eigenvalue weighted by molar-refractivity contribution is 6.31. The van der Waals surface area contributed by atoms with Gasteiger partial charge in [0.25, 0.3) is 0 Å². The largest absolute Gasteiger partial charge is 0.480 e. The van der Waals surface area contributed by atoms with Gasteiger partial charge >= 0.3 is 12.0 Å². The average molecular weight is 542 g/mol. The number of benzene rings is 4. The molecule has 1 fully saturated rings. The van der Waals surface area contributed by atoms with Gasteiger partial charge in [0.15, 0.2) is 5.75 Å². The van der Waals surface area contributed by atoms with E-state index in [-0.39, 0.29) is 6.04 Å². The molecule has 39 heavy (non-hydrogen) atoms. The summed E-state index contributed by atoms with van der Waals surface area (Å²) >= 11 is 6.17. The molecule has 8 heteroatoms. The number of carbonyl (C=O) groups excluding carboxylic acids is 1. The van der Waals surface area contributed by atoms with Crippen LogP contribution in [0.4, 0.5) is 10.5 Å². The van der Waals surface area contributed by atoms with Gasteiger partial charge in [-0.05, 0) is 53.4 Å². The first-order valence-electron chi connectivity index (χ1n) is 12.7. The minimum Gasteiger partial charge on any atom is -0.480 e. The highest BCUT2D eigenvalue weighted by atomic mass is 35.5. The fraction of sp³-hybridized carbons (Fsp3) is 0.161. The Kier molecular flexibility index (Phi) is 8.10. The van der Waals surface area contributed by atoms with Crippen LogP contribution < -0.4 is 15.4 Å². The number of hydrogen-bond donors (Lipinski definition) is 3. The second kappa shape index (κ2) is 12.0. The van der Waals surface area contributed by atoms with E-state index in [2.05, 4.69) is 22.8 Å². The van der Waals surface area contributed by atoms with Crippen molar-refractivity contribution in [1.29, 1.82) is 0 Å². The Bertz CT molecular complexity index is 1430. The van der Waals surface area contributed by atoms with Crippen molar-refractivity contribution in [3.63, 3.8) is 0 Å². The van der Waals surface area contributed by atoms with Crippen molar-refractivity contribution in [1.82, 2.24) is 10.2 Å². The number of carboxylic acid groups (broad SMARTS) is 1. The van der Waals surface area contributed by atoms with E-state index in [9.17, 15) is 14.7 Å². The van der Waals surface area contributed by atoms with E-state index in [1.165, 1.54) is 0 Å². The molecule has 0 spiro atoms. The Morgan fingerprint density at radius 2 is 1.56 bits per heavy atom. The number of carboxylic acids is 1. The topological polar surface area (TPSA) is 90.9 Å². The maximum Gasteiger partial charge on any atom is 0.321 e. The summed E-state index contributed by atoms with van der Waals surface area (Å²) in [6.07, 6.45) is 0.299. The minimum atomic E-state index is -0.908. The van der Waals surface area contributed by atoms with Crippen LogP contribution in [0, 0.1) is 0 Å². The van der Waals surface area contributed by atoms with Crippen LogP contribution in [0.5, 0.6) is 11.5 Å². The summed E-state index contributed by atoms with van der Waals surface area (Å²) in [5.74, 6) is 0.154. The number of para-hydroxylation sites is 1. The minimum absolute atomic E-state index is 0.299. The van der Waals surface area contributed by atoms with E-state index >= 15 is 0 Å². The van der Waals surface area contributed by atoms with Crippen LogP contribution in [-0.2, 0) is 11.3 Å². The standard InChI is InChI=1S/C31H28ClN3O4/c32-24-15-16-29(39-26-9-5-2-6-10-26)27(17-24)34-31(38)33-25-18-28(30(36)37)35(20-25)19-21-11-13-23(14-12-21)22-7-3-1-4-8-22/h1-17,25,28H,18-20H2,(H,36,37)(H2,33,34,38)/t25-,28-/m0/s1. The maximum absolute atomic E-state index is 12.9. The van der Waals surface area contributed by atoms with Gasteiger partial charge < -0.3 is 20.5 Å². The summed E-state index contributed by atoms with van der Waals surface area (Å²) in [7, 11) is 0. The summed E-state index contributed by atoms with van der Waals surface area (Å²) < 4.78 is 5.92.